The molecule has 2 aromatic rings. The SMILES string of the molecule is CCCNc1ncc(F)c(Sc2cnccn2)n1. The van der Waals surface area contributed by atoms with Crippen LogP contribution in [0.4, 0.5) is 10.3 Å². The van der Waals surface area contributed by atoms with E-state index in [1.807, 2.05) is 6.92 Å². The van der Waals surface area contributed by atoms with E-state index in [1.165, 1.54) is 0 Å². The van der Waals surface area contributed by atoms with Gasteiger partial charge in [0.25, 0.3) is 0 Å². The summed E-state index contributed by atoms with van der Waals surface area (Å²) in [6, 6.07) is 0. The van der Waals surface area contributed by atoms with Crippen molar-refractivity contribution in [3.63, 3.8) is 0 Å². The second kappa shape index (κ2) is 6.25. The lowest BCUT2D eigenvalue weighted by atomic mass is 10.5. The van der Waals surface area contributed by atoms with Crippen LogP contribution in [-0.4, -0.2) is 26.5 Å². The summed E-state index contributed by atoms with van der Waals surface area (Å²) in [5.74, 6) is -0.0441. The van der Waals surface area contributed by atoms with Crippen LogP contribution in [0.25, 0.3) is 0 Å². The molecule has 0 aliphatic carbocycles. The fourth-order valence-electron chi connectivity index (χ4n) is 1.18. The van der Waals surface area contributed by atoms with Gasteiger partial charge >= 0.3 is 0 Å². The molecule has 0 atom stereocenters. The van der Waals surface area contributed by atoms with Crippen LogP contribution in [0.15, 0.2) is 34.8 Å². The number of nitrogens with one attached hydrogen (secondary N) is 1. The van der Waals surface area contributed by atoms with Gasteiger partial charge in [0.15, 0.2) is 5.82 Å². The van der Waals surface area contributed by atoms with E-state index in [2.05, 4.69) is 25.3 Å². The Balaban J connectivity index is 2.16. The molecular weight excluding hydrogens is 253 g/mol. The quantitative estimate of drug-likeness (QED) is 0.837. The molecule has 0 spiro atoms. The average molecular weight is 265 g/mol. The maximum absolute atomic E-state index is 13.6. The number of hydrogen-bond acceptors (Lipinski definition) is 6. The van der Waals surface area contributed by atoms with Crippen LogP contribution in [0, 0.1) is 5.82 Å². The molecule has 0 aromatic carbocycles. The summed E-state index contributed by atoms with van der Waals surface area (Å²) in [5.41, 5.74) is 0. The minimum Gasteiger partial charge on any atom is -0.354 e. The van der Waals surface area contributed by atoms with Gasteiger partial charge < -0.3 is 5.32 Å². The van der Waals surface area contributed by atoms with Crippen molar-refractivity contribution in [1.29, 1.82) is 0 Å². The first-order chi connectivity index (χ1) is 8.79. The molecule has 0 saturated heterocycles. The van der Waals surface area contributed by atoms with E-state index in [9.17, 15) is 4.39 Å². The fraction of sp³-hybridized carbons (Fsp3) is 0.273. The van der Waals surface area contributed by atoms with Crippen molar-refractivity contribution in [2.24, 2.45) is 0 Å². The lowest BCUT2D eigenvalue weighted by molar-refractivity contribution is 0.579. The van der Waals surface area contributed by atoms with E-state index < -0.39 is 5.82 Å². The third-order valence-corrected chi connectivity index (χ3v) is 2.89. The maximum Gasteiger partial charge on any atom is 0.223 e. The van der Waals surface area contributed by atoms with Crippen molar-refractivity contribution in [2.45, 2.75) is 23.4 Å². The van der Waals surface area contributed by atoms with E-state index in [4.69, 9.17) is 0 Å². The molecule has 5 nitrogen and oxygen atoms in total. The van der Waals surface area contributed by atoms with Crippen LogP contribution in [0.1, 0.15) is 13.3 Å². The molecule has 2 heterocycles. The standard InChI is InChI=1S/C11H12FN5S/c1-2-3-15-11-16-6-8(12)10(17-11)18-9-7-13-4-5-14-9/h4-7H,2-3H2,1H3,(H,15,16,17). The van der Waals surface area contributed by atoms with Crippen molar-refractivity contribution in [2.75, 3.05) is 11.9 Å². The highest BCUT2D eigenvalue weighted by atomic mass is 32.2. The highest BCUT2D eigenvalue weighted by Crippen LogP contribution is 2.26. The Kier molecular flexibility index (Phi) is 4.40. The molecule has 18 heavy (non-hydrogen) atoms. The first-order valence-electron chi connectivity index (χ1n) is 5.50. The highest BCUT2D eigenvalue weighted by Gasteiger charge is 2.09. The van der Waals surface area contributed by atoms with E-state index in [-0.39, 0.29) is 5.03 Å². The van der Waals surface area contributed by atoms with Gasteiger partial charge in [-0.25, -0.2) is 19.3 Å². The lowest BCUT2D eigenvalue weighted by Crippen LogP contribution is -2.05. The van der Waals surface area contributed by atoms with Crippen LogP contribution >= 0.6 is 11.8 Å². The van der Waals surface area contributed by atoms with Gasteiger partial charge in [-0.1, -0.05) is 6.92 Å². The molecule has 0 fully saturated rings. The van der Waals surface area contributed by atoms with Crippen LogP contribution in [-0.2, 0) is 0 Å². The molecule has 0 saturated carbocycles. The van der Waals surface area contributed by atoms with Gasteiger partial charge in [0.05, 0.1) is 12.4 Å². The largest absolute Gasteiger partial charge is 0.354 e. The zero-order chi connectivity index (χ0) is 12.8. The normalized spacial score (nSPS) is 10.3. The van der Waals surface area contributed by atoms with Gasteiger partial charge in [-0.2, -0.15) is 0 Å². The summed E-state index contributed by atoms with van der Waals surface area (Å²) >= 11 is 1.12. The number of halogens is 1. The molecule has 0 aliphatic rings. The van der Waals surface area contributed by atoms with E-state index in [0.717, 1.165) is 30.9 Å². The van der Waals surface area contributed by atoms with Crippen molar-refractivity contribution in [1.82, 2.24) is 19.9 Å². The summed E-state index contributed by atoms with van der Waals surface area (Å²) in [4.78, 5) is 16.0. The Morgan fingerprint density at radius 2 is 2.17 bits per heavy atom. The second-order valence-corrected chi connectivity index (χ2v) is 4.43. The van der Waals surface area contributed by atoms with E-state index in [1.54, 1.807) is 18.6 Å². The second-order valence-electron chi connectivity index (χ2n) is 3.42. The van der Waals surface area contributed by atoms with Crippen molar-refractivity contribution >= 4 is 17.7 Å². The van der Waals surface area contributed by atoms with Crippen molar-refractivity contribution in [3.05, 3.63) is 30.6 Å². The fourth-order valence-corrected chi connectivity index (χ4v) is 1.89. The Labute approximate surface area is 108 Å². The first kappa shape index (κ1) is 12.7. The third-order valence-electron chi connectivity index (χ3n) is 1.99. The zero-order valence-corrected chi connectivity index (χ0v) is 10.6. The van der Waals surface area contributed by atoms with Crippen LogP contribution in [0.3, 0.4) is 0 Å². The first-order valence-corrected chi connectivity index (χ1v) is 6.31. The van der Waals surface area contributed by atoms with Crippen molar-refractivity contribution in [3.8, 4) is 0 Å². The zero-order valence-electron chi connectivity index (χ0n) is 9.80. The topological polar surface area (TPSA) is 63.6 Å². The summed E-state index contributed by atoms with van der Waals surface area (Å²) in [6.07, 6.45) is 6.79. The Morgan fingerprint density at radius 3 is 2.89 bits per heavy atom. The highest BCUT2D eigenvalue weighted by molar-refractivity contribution is 7.99. The van der Waals surface area contributed by atoms with Gasteiger partial charge in [-0.15, -0.1) is 0 Å². The minimum atomic E-state index is -0.465. The summed E-state index contributed by atoms with van der Waals surface area (Å²) in [7, 11) is 0. The molecule has 0 radical (unpaired) electrons. The van der Waals surface area contributed by atoms with Crippen LogP contribution in [0.5, 0.6) is 0 Å². The Hall–Kier alpha value is -1.76. The van der Waals surface area contributed by atoms with E-state index in [0.29, 0.717) is 11.0 Å². The molecule has 1 N–H and O–H groups in total. The average Bonchev–Trinajstić information content (AvgIpc) is 2.41. The molecule has 0 aliphatic heterocycles. The monoisotopic (exact) mass is 265 g/mol. The molecule has 2 aromatic heterocycles. The van der Waals surface area contributed by atoms with Crippen LogP contribution in [0.2, 0.25) is 0 Å². The van der Waals surface area contributed by atoms with E-state index >= 15 is 0 Å². The molecule has 7 heteroatoms. The summed E-state index contributed by atoms with van der Waals surface area (Å²) in [6.45, 7) is 2.78. The molecule has 94 valence electrons. The minimum absolute atomic E-state index is 0.240. The smallest absolute Gasteiger partial charge is 0.223 e. The van der Waals surface area contributed by atoms with Gasteiger partial charge in [-0.3, -0.25) is 4.98 Å². The number of rotatable bonds is 5. The van der Waals surface area contributed by atoms with Crippen molar-refractivity contribution < 1.29 is 4.39 Å². The maximum atomic E-state index is 13.6. The number of anilines is 1. The summed E-state index contributed by atoms with van der Waals surface area (Å²) < 4.78 is 13.6. The number of hydrogen-bond donors (Lipinski definition) is 1. The molecule has 0 unspecified atom stereocenters. The Bertz CT molecular complexity index is 508. The summed E-state index contributed by atoms with van der Waals surface area (Å²) in [5, 5.41) is 3.84. The lowest BCUT2D eigenvalue weighted by Gasteiger charge is -2.05. The predicted octanol–water partition coefficient (Wildman–Crippen LogP) is 2.38. The molecule has 2 rings (SSSR count). The number of aromatic nitrogens is 4. The van der Waals surface area contributed by atoms with Crippen LogP contribution < -0.4 is 5.32 Å². The van der Waals surface area contributed by atoms with Gasteiger partial charge in [0.2, 0.25) is 5.95 Å². The van der Waals surface area contributed by atoms with Gasteiger partial charge in [0.1, 0.15) is 10.1 Å². The number of nitrogens with zero attached hydrogens (tertiary/aromatic N) is 4. The molecule has 0 amide bonds. The van der Waals surface area contributed by atoms with Gasteiger partial charge in [0, 0.05) is 18.9 Å². The molecular formula is C11H12FN5S. The predicted molar refractivity (Wildman–Crippen MR) is 66.9 cm³/mol. The molecule has 0 bridgehead atoms. The Morgan fingerprint density at radius 1 is 1.28 bits per heavy atom. The van der Waals surface area contributed by atoms with Gasteiger partial charge in [-0.05, 0) is 18.2 Å². The third kappa shape index (κ3) is 3.36.